The molecule has 300 valence electrons. The minimum atomic E-state index is -0.655. The van der Waals surface area contributed by atoms with E-state index in [1.807, 2.05) is 0 Å². The van der Waals surface area contributed by atoms with Crippen molar-refractivity contribution in [3.8, 4) is 0 Å². The van der Waals surface area contributed by atoms with Crippen molar-refractivity contribution in [2.75, 3.05) is 5.33 Å². The summed E-state index contributed by atoms with van der Waals surface area (Å²) >= 11 is 3.52. The number of hydrogen-bond donors (Lipinski definition) is 1. The fraction of sp³-hybridized carbons (Fsp3) is 0.854. The number of aliphatic carboxylic acids is 1. The van der Waals surface area contributed by atoms with Crippen molar-refractivity contribution < 1.29 is 9.90 Å². The number of hydrogen-bond acceptors (Lipinski definition) is 1. The van der Waals surface area contributed by atoms with Crippen molar-refractivity contribution in [3.05, 3.63) is 36.5 Å². The topological polar surface area (TPSA) is 37.3 Å². The second-order valence-electron chi connectivity index (χ2n) is 15.6. The first-order valence-corrected chi connectivity index (χ1v) is 24.1. The summed E-state index contributed by atoms with van der Waals surface area (Å²) in [6.45, 7) is 0. The molecule has 2 nitrogen and oxygen atoms in total. The summed E-state index contributed by atoms with van der Waals surface area (Å²) in [5, 5.41) is 9.83. The summed E-state index contributed by atoms with van der Waals surface area (Å²) < 4.78 is 0. The Balaban J connectivity index is 3.17. The summed E-state index contributed by atoms with van der Waals surface area (Å²) in [5.41, 5.74) is 0. The average Bonchev–Trinajstić information content (AvgIpc) is 3.13. The van der Waals surface area contributed by atoms with Crippen LogP contribution in [0.1, 0.15) is 257 Å². The van der Waals surface area contributed by atoms with Crippen LogP contribution in [0.5, 0.6) is 0 Å². The number of allylic oxidation sites excluding steroid dienone is 6. The molecule has 0 bridgehead atoms. The largest absolute Gasteiger partial charge is 0.481 e. The molecule has 0 unspecified atom stereocenters. The van der Waals surface area contributed by atoms with Crippen molar-refractivity contribution in [3.63, 3.8) is 0 Å². The van der Waals surface area contributed by atoms with Crippen molar-refractivity contribution in [2.24, 2.45) is 0 Å². The van der Waals surface area contributed by atoms with Gasteiger partial charge in [0, 0.05) is 11.8 Å². The molecule has 51 heavy (non-hydrogen) atoms. The van der Waals surface area contributed by atoms with Gasteiger partial charge in [0.15, 0.2) is 0 Å². The van der Waals surface area contributed by atoms with Gasteiger partial charge in [-0.15, -0.1) is 0 Å². The number of alkyl halides is 1. The molecule has 0 saturated carbocycles. The maximum atomic E-state index is 10.5. The minimum absolute atomic E-state index is 0.336. The Morgan fingerprint density at radius 2 is 0.471 bits per heavy atom. The Morgan fingerprint density at radius 1 is 0.294 bits per heavy atom. The lowest BCUT2D eigenvalue weighted by atomic mass is 10.0. The lowest BCUT2D eigenvalue weighted by molar-refractivity contribution is -0.137. The van der Waals surface area contributed by atoms with Gasteiger partial charge in [-0.25, -0.2) is 0 Å². The maximum absolute atomic E-state index is 10.5. The second kappa shape index (κ2) is 47.2. The Bertz CT molecular complexity index is 742. The van der Waals surface area contributed by atoms with Gasteiger partial charge in [-0.05, 0) is 89.9 Å². The molecule has 0 fully saturated rings. The van der Waals surface area contributed by atoms with E-state index in [2.05, 4.69) is 52.4 Å². The van der Waals surface area contributed by atoms with Crippen LogP contribution < -0.4 is 0 Å². The van der Waals surface area contributed by atoms with E-state index in [-0.39, 0.29) is 0 Å². The Morgan fingerprint density at radius 3 is 0.667 bits per heavy atom. The molecule has 0 radical (unpaired) electrons. The van der Waals surface area contributed by atoms with Crippen LogP contribution in [0.15, 0.2) is 36.5 Å². The molecule has 0 spiro atoms. The first kappa shape index (κ1) is 50.2. The molecule has 0 aromatic heterocycles. The number of carbonyl (C=O) groups is 1. The molecule has 0 aliphatic carbocycles. The van der Waals surface area contributed by atoms with E-state index in [0.717, 1.165) is 12.8 Å². The molecule has 0 aromatic rings. The van der Waals surface area contributed by atoms with Crippen LogP contribution in [0.25, 0.3) is 0 Å². The zero-order chi connectivity index (χ0) is 36.8. The number of carboxylic acid groups (broad SMARTS) is 1. The van der Waals surface area contributed by atoms with Crippen LogP contribution in [0.3, 0.4) is 0 Å². The monoisotopic (exact) mass is 777 g/mol. The van der Waals surface area contributed by atoms with Gasteiger partial charge in [-0.3, -0.25) is 4.79 Å². The third-order valence-corrected chi connectivity index (χ3v) is 11.1. The van der Waals surface area contributed by atoms with Gasteiger partial charge in [0.05, 0.1) is 0 Å². The van der Waals surface area contributed by atoms with Crippen LogP contribution in [-0.2, 0) is 4.79 Å². The number of halogens is 1. The van der Waals surface area contributed by atoms with Crippen molar-refractivity contribution in [1.82, 2.24) is 0 Å². The normalized spacial score (nSPS) is 12.0. The fourth-order valence-corrected chi connectivity index (χ4v) is 7.47. The predicted molar refractivity (Wildman–Crippen MR) is 234 cm³/mol. The third-order valence-electron chi connectivity index (χ3n) is 10.5. The van der Waals surface area contributed by atoms with Gasteiger partial charge in [-0.2, -0.15) is 0 Å². The SMILES string of the molecule is O=C(O)CCCCCCCCCC/C=C/CCCCCCCCCC/C=C/CCCCCCCCCC/C=C/CCCCCCCCCCCBr. The van der Waals surface area contributed by atoms with E-state index in [4.69, 9.17) is 5.11 Å². The van der Waals surface area contributed by atoms with Gasteiger partial charge < -0.3 is 5.11 Å². The molecule has 0 saturated heterocycles. The Hall–Kier alpha value is -0.830. The second-order valence-corrected chi connectivity index (χ2v) is 16.4. The van der Waals surface area contributed by atoms with E-state index in [0.29, 0.717) is 6.42 Å². The summed E-state index contributed by atoms with van der Waals surface area (Å²) in [4.78, 5) is 10.5. The zero-order valence-corrected chi connectivity index (χ0v) is 35.8. The van der Waals surface area contributed by atoms with E-state index in [1.54, 1.807) is 0 Å². The summed E-state index contributed by atoms with van der Waals surface area (Å²) in [6.07, 6.45) is 67.7. The lowest BCUT2D eigenvalue weighted by Gasteiger charge is -2.02. The number of unbranched alkanes of at least 4 members (excludes halogenated alkanes) is 35. The number of rotatable bonds is 44. The molecule has 0 aromatic carbocycles. The highest BCUT2D eigenvalue weighted by Crippen LogP contribution is 2.15. The highest BCUT2D eigenvalue weighted by molar-refractivity contribution is 9.09. The Labute approximate surface area is 329 Å². The minimum Gasteiger partial charge on any atom is -0.481 e. The molecule has 0 rings (SSSR count). The highest BCUT2D eigenvalue weighted by atomic mass is 79.9. The molecule has 0 aliphatic rings. The lowest BCUT2D eigenvalue weighted by Crippen LogP contribution is -1.93. The van der Waals surface area contributed by atoms with Crippen LogP contribution in [0, 0.1) is 0 Å². The van der Waals surface area contributed by atoms with Gasteiger partial charge in [-0.1, -0.05) is 213 Å². The van der Waals surface area contributed by atoms with E-state index >= 15 is 0 Å². The molecule has 0 aliphatic heterocycles. The zero-order valence-electron chi connectivity index (χ0n) is 34.2. The van der Waals surface area contributed by atoms with Gasteiger partial charge in [0.25, 0.3) is 0 Å². The van der Waals surface area contributed by atoms with Gasteiger partial charge in [0.2, 0.25) is 0 Å². The molecule has 1 N–H and O–H groups in total. The van der Waals surface area contributed by atoms with Crippen molar-refractivity contribution in [1.29, 1.82) is 0 Å². The predicted octanol–water partition coefficient (Wildman–Crippen LogP) is 17.7. The first-order chi connectivity index (χ1) is 25.3. The molecule has 0 atom stereocenters. The molecule has 0 amide bonds. The van der Waals surface area contributed by atoms with Gasteiger partial charge >= 0.3 is 5.97 Å². The van der Waals surface area contributed by atoms with Crippen LogP contribution >= 0.6 is 15.9 Å². The van der Waals surface area contributed by atoms with Crippen LogP contribution in [0.2, 0.25) is 0 Å². The summed E-state index contributed by atoms with van der Waals surface area (Å²) in [5.74, 6) is -0.655. The van der Waals surface area contributed by atoms with Crippen LogP contribution in [0.4, 0.5) is 0 Å². The van der Waals surface area contributed by atoms with E-state index < -0.39 is 5.97 Å². The number of carboxylic acids is 1. The standard InChI is InChI=1S/C48H89BrO2/c49-47-45-43-41-39-37-35-33-31-29-27-25-23-21-19-17-15-13-11-9-7-5-3-1-2-4-6-8-10-12-14-16-18-20-22-24-26-28-30-32-34-36-38-40-42-44-46-48(50)51/h1-2,23-26H,3-22,27-47H2,(H,50,51)/b2-1+,25-23+,26-24+. The summed E-state index contributed by atoms with van der Waals surface area (Å²) in [7, 11) is 0. The fourth-order valence-electron chi connectivity index (χ4n) is 7.07. The molecule has 0 heterocycles. The summed E-state index contributed by atoms with van der Waals surface area (Å²) in [6, 6.07) is 0. The highest BCUT2D eigenvalue weighted by Gasteiger charge is 1.97. The van der Waals surface area contributed by atoms with E-state index in [1.165, 1.54) is 243 Å². The van der Waals surface area contributed by atoms with Gasteiger partial charge in [0.1, 0.15) is 0 Å². The molecular formula is C48H89BrO2. The molecule has 3 heteroatoms. The third kappa shape index (κ3) is 49.2. The average molecular weight is 778 g/mol. The smallest absolute Gasteiger partial charge is 0.303 e. The molecular weight excluding hydrogens is 688 g/mol. The quantitative estimate of drug-likeness (QED) is 0.0380. The van der Waals surface area contributed by atoms with Crippen molar-refractivity contribution >= 4 is 21.9 Å². The van der Waals surface area contributed by atoms with Crippen LogP contribution in [-0.4, -0.2) is 16.4 Å². The Kier molecular flexibility index (Phi) is 46.4. The maximum Gasteiger partial charge on any atom is 0.303 e. The van der Waals surface area contributed by atoms with E-state index in [9.17, 15) is 4.79 Å². The van der Waals surface area contributed by atoms with Crippen molar-refractivity contribution in [2.45, 2.75) is 257 Å². The first-order valence-electron chi connectivity index (χ1n) is 23.0.